The molecule has 9 heteroatoms. The molecule has 0 spiro atoms. The molecule has 0 aliphatic heterocycles. The van der Waals surface area contributed by atoms with E-state index in [1.165, 1.54) is 11.8 Å². The molecule has 3 rings (SSSR count). The van der Waals surface area contributed by atoms with Gasteiger partial charge in [-0.15, -0.1) is 15.3 Å². The van der Waals surface area contributed by atoms with Crippen molar-refractivity contribution in [3.63, 3.8) is 0 Å². The van der Waals surface area contributed by atoms with E-state index >= 15 is 0 Å². The highest BCUT2D eigenvalue weighted by atomic mass is 79.9. The number of thioether (sulfide) groups is 1. The van der Waals surface area contributed by atoms with Crippen LogP contribution < -0.4 is 0 Å². The zero-order valence-electron chi connectivity index (χ0n) is 9.79. The van der Waals surface area contributed by atoms with Crippen LogP contribution in [0.15, 0.2) is 38.4 Å². The lowest BCUT2D eigenvalue weighted by atomic mass is 10.2. The van der Waals surface area contributed by atoms with Crippen molar-refractivity contribution in [2.45, 2.75) is 11.0 Å². The minimum Gasteiger partial charge on any atom is -0.411 e. The average molecular weight is 390 g/mol. The molecule has 0 bridgehead atoms. The largest absolute Gasteiger partial charge is 0.411 e. The molecule has 0 unspecified atom stereocenters. The van der Waals surface area contributed by atoms with Crippen LogP contribution in [0.2, 0.25) is 4.34 Å². The highest BCUT2D eigenvalue weighted by Crippen LogP contribution is 2.29. The third-order valence-corrected chi connectivity index (χ3v) is 4.63. The van der Waals surface area contributed by atoms with Crippen LogP contribution in [-0.2, 0) is 5.75 Å². The minimum atomic E-state index is 0.476. The van der Waals surface area contributed by atoms with Crippen molar-refractivity contribution < 1.29 is 4.42 Å². The summed E-state index contributed by atoms with van der Waals surface area (Å²) in [7, 11) is 0. The molecule has 0 aliphatic rings. The lowest BCUT2D eigenvalue weighted by Crippen LogP contribution is -1.82. The Labute approximate surface area is 136 Å². The van der Waals surface area contributed by atoms with Gasteiger partial charge in [0.2, 0.25) is 5.89 Å². The molecule has 0 saturated heterocycles. The summed E-state index contributed by atoms with van der Waals surface area (Å²) >= 11 is 11.9. The van der Waals surface area contributed by atoms with E-state index in [0.29, 0.717) is 21.2 Å². The summed E-state index contributed by atoms with van der Waals surface area (Å²) in [5, 5.41) is 12.4. The Kier molecular flexibility index (Phi) is 4.35. The maximum absolute atomic E-state index is 5.93. The van der Waals surface area contributed by atoms with Crippen LogP contribution >= 0.6 is 50.8 Å². The van der Waals surface area contributed by atoms with E-state index in [-0.39, 0.29) is 0 Å². The van der Waals surface area contributed by atoms with E-state index in [1.54, 1.807) is 0 Å². The first-order valence-electron chi connectivity index (χ1n) is 5.41. The summed E-state index contributed by atoms with van der Waals surface area (Å²) < 4.78 is 10.9. The molecule has 0 fully saturated rings. The third-order valence-electron chi connectivity index (χ3n) is 2.32. The van der Waals surface area contributed by atoms with Gasteiger partial charge in [-0.3, -0.25) is 0 Å². The van der Waals surface area contributed by atoms with Crippen LogP contribution in [0.4, 0.5) is 0 Å². The van der Waals surface area contributed by atoms with Gasteiger partial charge < -0.3 is 4.42 Å². The van der Waals surface area contributed by atoms with Crippen LogP contribution in [-0.4, -0.2) is 19.8 Å². The first-order chi connectivity index (χ1) is 9.72. The van der Waals surface area contributed by atoms with Gasteiger partial charge in [-0.05, 0) is 18.2 Å². The fourth-order valence-corrected chi connectivity index (χ4v) is 3.31. The third kappa shape index (κ3) is 3.20. The van der Waals surface area contributed by atoms with Gasteiger partial charge in [-0.2, -0.15) is 0 Å². The topological polar surface area (TPSA) is 64.7 Å². The fraction of sp³-hybridized carbons (Fsp3) is 0.0909. The fourth-order valence-electron chi connectivity index (χ4n) is 1.42. The predicted molar refractivity (Wildman–Crippen MR) is 81.9 cm³/mol. The van der Waals surface area contributed by atoms with Crippen LogP contribution in [0.25, 0.3) is 11.5 Å². The van der Waals surface area contributed by atoms with Gasteiger partial charge in [0.1, 0.15) is 10.0 Å². The van der Waals surface area contributed by atoms with E-state index in [1.807, 2.05) is 24.3 Å². The monoisotopic (exact) mass is 388 g/mol. The second-order valence-corrected chi connectivity index (χ2v) is 6.86. The van der Waals surface area contributed by atoms with Gasteiger partial charge in [0.25, 0.3) is 5.22 Å². The van der Waals surface area contributed by atoms with Gasteiger partial charge in [0.15, 0.2) is 0 Å². The molecular formula is C11H6BrClN4OS2. The van der Waals surface area contributed by atoms with Crippen LogP contribution in [0.3, 0.4) is 0 Å². The van der Waals surface area contributed by atoms with Crippen molar-refractivity contribution in [1.29, 1.82) is 0 Å². The second-order valence-electron chi connectivity index (χ2n) is 3.67. The van der Waals surface area contributed by atoms with Crippen molar-refractivity contribution in [3.05, 3.63) is 38.8 Å². The summed E-state index contributed by atoms with van der Waals surface area (Å²) in [6.07, 6.45) is 0. The normalized spacial score (nSPS) is 10.9. The molecule has 0 radical (unpaired) electrons. The lowest BCUT2D eigenvalue weighted by molar-refractivity contribution is 0.466. The van der Waals surface area contributed by atoms with Gasteiger partial charge >= 0.3 is 0 Å². The Hall–Kier alpha value is -0.960. The summed E-state index contributed by atoms with van der Waals surface area (Å²) in [5.41, 5.74) is 1.59. The van der Waals surface area contributed by atoms with Crippen molar-refractivity contribution in [2.24, 2.45) is 0 Å². The molecule has 5 nitrogen and oxygen atoms in total. The van der Waals surface area contributed by atoms with Crippen molar-refractivity contribution in [2.75, 3.05) is 0 Å². The number of halogens is 2. The van der Waals surface area contributed by atoms with E-state index in [4.69, 9.17) is 16.0 Å². The molecule has 0 amide bonds. The van der Waals surface area contributed by atoms with Crippen LogP contribution in [0, 0.1) is 0 Å². The summed E-state index contributed by atoms with van der Waals surface area (Å²) in [6, 6.07) is 7.68. The molecule has 2 aromatic heterocycles. The molecule has 1 aromatic carbocycles. The molecule has 2 heterocycles. The smallest absolute Gasteiger partial charge is 0.277 e. The Morgan fingerprint density at radius 2 is 2.20 bits per heavy atom. The van der Waals surface area contributed by atoms with Gasteiger partial charge in [0, 0.05) is 27.3 Å². The maximum atomic E-state index is 5.93. The molecule has 20 heavy (non-hydrogen) atoms. The first kappa shape index (κ1) is 14.0. The maximum Gasteiger partial charge on any atom is 0.277 e. The lowest BCUT2D eigenvalue weighted by Gasteiger charge is -1.95. The number of benzene rings is 1. The summed E-state index contributed by atoms with van der Waals surface area (Å²) in [6.45, 7) is 0. The molecule has 0 saturated carbocycles. The van der Waals surface area contributed by atoms with Crippen LogP contribution in [0.5, 0.6) is 0 Å². The summed E-state index contributed by atoms with van der Waals surface area (Å²) in [5.74, 6) is 1.03. The van der Waals surface area contributed by atoms with E-state index in [0.717, 1.165) is 27.3 Å². The van der Waals surface area contributed by atoms with Crippen molar-refractivity contribution in [1.82, 2.24) is 19.8 Å². The average Bonchev–Trinajstić information content (AvgIpc) is 3.05. The number of hydrogen-bond donors (Lipinski definition) is 0. The highest BCUT2D eigenvalue weighted by molar-refractivity contribution is 9.10. The van der Waals surface area contributed by atoms with Crippen molar-refractivity contribution >= 4 is 50.8 Å². The van der Waals surface area contributed by atoms with Gasteiger partial charge in [0.05, 0.1) is 0 Å². The summed E-state index contributed by atoms with van der Waals surface area (Å²) in [4.78, 5) is 0. The molecule has 0 atom stereocenters. The zero-order chi connectivity index (χ0) is 13.9. The van der Waals surface area contributed by atoms with Crippen LogP contribution in [0.1, 0.15) is 5.69 Å². The number of aromatic nitrogens is 4. The number of rotatable bonds is 4. The Morgan fingerprint density at radius 3 is 2.95 bits per heavy atom. The standard InChI is InChI=1S/C11H6BrClN4OS2/c12-7-3-1-2-6(4-7)10-15-16-11(18-10)19-5-8-9(13)20-17-14-8/h1-4H,5H2. The van der Waals surface area contributed by atoms with E-state index in [9.17, 15) is 0 Å². The Balaban J connectivity index is 1.72. The number of hydrogen-bond acceptors (Lipinski definition) is 7. The van der Waals surface area contributed by atoms with E-state index in [2.05, 4.69) is 35.7 Å². The highest BCUT2D eigenvalue weighted by Gasteiger charge is 2.12. The zero-order valence-corrected chi connectivity index (χ0v) is 13.8. The molecule has 3 aromatic rings. The van der Waals surface area contributed by atoms with Gasteiger partial charge in [-0.25, -0.2) is 0 Å². The second kappa shape index (κ2) is 6.21. The predicted octanol–water partition coefficient (Wildman–Crippen LogP) is 4.30. The first-order valence-corrected chi connectivity index (χ1v) is 8.34. The Morgan fingerprint density at radius 1 is 1.30 bits per heavy atom. The Bertz CT molecular complexity index is 733. The molecule has 102 valence electrons. The molecule has 0 aliphatic carbocycles. The number of nitrogens with zero attached hydrogens (tertiary/aromatic N) is 4. The SMILES string of the molecule is Clc1snnc1CSc1nnc(-c2cccc(Br)c2)o1. The van der Waals surface area contributed by atoms with Crippen molar-refractivity contribution in [3.8, 4) is 11.5 Å². The molecular weight excluding hydrogens is 384 g/mol. The van der Waals surface area contributed by atoms with Gasteiger partial charge in [-0.1, -0.05) is 49.8 Å². The minimum absolute atomic E-state index is 0.476. The molecule has 0 N–H and O–H groups in total. The quantitative estimate of drug-likeness (QED) is 0.620. The van der Waals surface area contributed by atoms with E-state index < -0.39 is 0 Å².